The number of hydrogen-bond donors (Lipinski definition) is 1. The molecule has 0 bridgehead atoms. The normalized spacial score (nSPS) is 16.3. The third kappa shape index (κ3) is 2.42. The Bertz CT molecular complexity index is 852. The average molecular weight is 331 g/mol. The summed E-state index contributed by atoms with van der Waals surface area (Å²) in [6.45, 7) is 0. The maximum atomic E-state index is 12.3. The molecule has 4 nitrogen and oxygen atoms in total. The number of amides is 1. The summed E-state index contributed by atoms with van der Waals surface area (Å²) in [5, 5.41) is 4.04. The van der Waals surface area contributed by atoms with Gasteiger partial charge in [-0.1, -0.05) is 41.1 Å². The van der Waals surface area contributed by atoms with E-state index in [0.717, 1.165) is 21.5 Å². The molecule has 1 amide bonds. The Hall–Kier alpha value is -2.11. The fourth-order valence-corrected chi connectivity index (χ4v) is 3.61. The van der Waals surface area contributed by atoms with Crippen molar-refractivity contribution in [1.29, 1.82) is 0 Å². The zero-order valence-corrected chi connectivity index (χ0v) is 12.9. The lowest BCUT2D eigenvalue weighted by molar-refractivity contribution is -0.122. The standard InChI is InChI=1S/C16H11ClN2O2S/c17-10-5-6-11-14(8-10)22-16(18-11)19-15(20)13-7-9-3-1-2-4-12(9)21-13/h1-6,8,13H,7H2,(H,18,19,20). The Labute approximate surface area is 135 Å². The van der Waals surface area contributed by atoms with Gasteiger partial charge in [0.1, 0.15) is 5.75 Å². The molecule has 4 rings (SSSR count). The van der Waals surface area contributed by atoms with Crippen LogP contribution in [0.4, 0.5) is 5.13 Å². The molecule has 0 aliphatic carbocycles. The first kappa shape index (κ1) is 13.5. The second-order valence-electron chi connectivity index (χ2n) is 5.04. The predicted octanol–water partition coefficient (Wildman–Crippen LogP) is 3.89. The topological polar surface area (TPSA) is 51.2 Å². The van der Waals surface area contributed by atoms with Crippen LogP contribution in [0.3, 0.4) is 0 Å². The highest BCUT2D eigenvalue weighted by Crippen LogP contribution is 2.31. The van der Waals surface area contributed by atoms with Gasteiger partial charge in [0.2, 0.25) is 0 Å². The van der Waals surface area contributed by atoms with Gasteiger partial charge >= 0.3 is 0 Å². The summed E-state index contributed by atoms with van der Waals surface area (Å²) in [5.41, 5.74) is 1.87. The minimum atomic E-state index is -0.506. The predicted molar refractivity (Wildman–Crippen MR) is 87.8 cm³/mol. The van der Waals surface area contributed by atoms with Crippen LogP contribution in [-0.4, -0.2) is 17.0 Å². The molecule has 0 spiro atoms. The lowest BCUT2D eigenvalue weighted by Crippen LogP contribution is -2.31. The quantitative estimate of drug-likeness (QED) is 0.775. The van der Waals surface area contributed by atoms with Crippen LogP contribution in [0.5, 0.6) is 5.75 Å². The molecule has 6 heteroatoms. The van der Waals surface area contributed by atoms with Gasteiger partial charge in [0.25, 0.3) is 5.91 Å². The van der Waals surface area contributed by atoms with E-state index in [-0.39, 0.29) is 5.91 Å². The lowest BCUT2D eigenvalue weighted by Gasteiger charge is -2.09. The largest absolute Gasteiger partial charge is 0.480 e. The summed E-state index contributed by atoms with van der Waals surface area (Å²) in [7, 11) is 0. The number of rotatable bonds is 2. The average Bonchev–Trinajstić information content (AvgIpc) is 3.09. The SMILES string of the molecule is O=C(Nc1nc2ccc(Cl)cc2s1)C1Cc2ccccc2O1. The van der Waals surface area contributed by atoms with Gasteiger partial charge in [0.15, 0.2) is 11.2 Å². The van der Waals surface area contributed by atoms with E-state index < -0.39 is 6.10 Å². The summed E-state index contributed by atoms with van der Waals surface area (Å²) >= 11 is 7.36. The van der Waals surface area contributed by atoms with Gasteiger partial charge < -0.3 is 4.74 Å². The molecule has 1 atom stereocenters. The number of ether oxygens (including phenoxy) is 1. The molecule has 2 heterocycles. The second-order valence-corrected chi connectivity index (χ2v) is 6.51. The van der Waals surface area contributed by atoms with E-state index in [0.29, 0.717) is 16.6 Å². The molecule has 1 aromatic heterocycles. The molecule has 0 radical (unpaired) electrons. The molecule has 0 saturated carbocycles. The van der Waals surface area contributed by atoms with Gasteiger partial charge in [-0.3, -0.25) is 10.1 Å². The Morgan fingerprint density at radius 1 is 1.32 bits per heavy atom. The van der Waals surface area contributed by atoms with Crippen LogP contribution in [0.25, 0.3) is 10.2 Å². The Morgan fingerprint density at radius 3 is 3.05 bits per heavy atom. The van der Waals surface area contributed by atoms with Crippen molar-refractivity contribution in [3.05, 3.63) is 53.1 Å². The minimum absolute atomic E-state index is 0.179. The van der Waals surface area contributed by atoms with E-state index in [4.69, 9.17) is 16.3 Å². The maximum absolute atomic E-state index is 12.3. The molecule has 0 fully saturated rings. The number of carbonyl (C=O) groups is 1. The van der Waals surface area contributed by atoms with Gasteiger partial charge in [-0.25, -0.2) is 4.98 Å². The van der Waals surface area contributed by atoms with E-state index in [1.807, 2.05) is 36.4 Å². The molecule has 1 aliphatic heterocycles. The fraction of sp³-hybridized carbons (Fsp3) is 0.125. The summed E-state index contributed by atoms with van der Waals surface area (Å²) in [4.78, 5) is 16.7. The van der Waals surface area contributed by atoms with Crippen LogP contribution in [0.15, 0.2) is 42.5 Å². The third-order valence-corrected chi connectivity index (χ3v) is 4.69. The lowest BCUT2D eigenvalue weighted by atomic mass is 10.1. The number of fused-ring (bicyclic) bond motifs is 2. The van der Waals surface area contributed by atoms with Crippen molar-refractivity contribution >= 4 is 44.2 Å². The Morgan fingerprint density at radius 2 is 2.18 bits per heavy atom. The first-order valence-electron chi connectivity index (χ1n) is 6.80. The van der Waals surface area contributed by atoms with E-state index in [2.05, 4.69) is 10.3 Å². The Balaban J connectivity index is 1.52. The number of thiazole rings is 1. The van der Waals surface area contributed by atoms with Gasteiger partial charge in [0, 0.05) is 11.4 Å². The van der Waals surface area contributed by atoms with E-state index in [1.165, 1.54) is 11.3 Å². The zero-order valence-electron chi connectivity index (χ0n) is 11.4. The number of para-hydroxylation sites is 1. The van der Waals surface area contributed by atoms with Gasteiger partial charge in [-0.05, 0) is 29.8 Å². The summed E-state index contributed by atoms with van der Waals surface area (Å²) in [6, 6.07) is 13.2. The number of aromatic nitrogens is 1. The summed E-state index contributed by atoms with van der Waals surface area (Å²) < 4.78 is 6.62. The molecular formula is C16H11ClN2O2S. The summed E-state index contributed by atoms with van der Waals surface area (Å²) in [6.07, 6.45) is 0.0756. The van der Waals surface area contributed by atoms with Crippen LogP contribution in [0.2, 0.25) is 5.02 Å². The zero-order chi connectivity index (χ0) is 15.1. The number of nitrogens with one attached hydrogen (secondary N) is 1. The smallest absolute Gasteiger partial charge is 0.267 e. The third-order valence-electron chi connectivity index (χ3n) is 3.52. The van der Waals surface area contributed by atoms with Crippen molar-refractivity contribution in [2.45, 2.75) is 12.5 Å². The van der Waals surface area contributed by atoms with Gasteiger partial charge in [-0.2, -0.15) is 0 Å². The highest BCUT2D eigenvalue weighted by molar-refractivity contribution is 7.22. The van der Waals surface area contributed by atoms with Gasteiger partial charge in [-0.15, -0.1) is 0 Å². The van der Waals surface area contributed by atoms with Crippen molar-refractivity contribution in [3.63, 3.8) is 0 Å². The van der Waals surface area contributed by atoms with Crippen LogP contribution in [-0.2, 0) is 11.2 Å². The monoisotopic (exact) mass is 330 g/mol. The van der Waals surface area contributed by atoms with Crippen LogP contribution >= 0.6 is 22.9 Å². The Kier molecular flexibility index (Phi) is 3.24. The highest BCUT2D eigenvalue weighted by Gasteiger charge is 2.29. The molecule has 1 unspecified atom stereocenters. The van der Waals surface area contributed by atoms with Gasteiger partial charge in [0.05, 0.1) is 10.2 Å². The van der Waals surface area contributed by atoms with Crippen LogP contribution in [0, 0.1) is 0 Å². The van der Waals surface area contributed by atoms with Crippen molar-refractivity contribution in [1.82, 2.24) is 4.98 Å². The van der Waals surface area contributed by atoms with Crippen molar-refractivity contribution in [2.75, 3.05) is 5.32 Å². The highest BCUT2D eigenvalue weighted by atomic mass is 35.5. The molecule has 1 N–H and O–H groups in total. The number of benzene rings is 2. The summed E-state index contributed by atoms with van der Waals surface area (Å²) in [5.74, 6) is 0.597. The number of hydrogen-bond acceptors (Lipinski definition) is 4. The number of carbonyl (C=O) groups excluding carboxylic acids is 1. The fourth-order valence-electron chi connectivity index (χ4n) is 2.47. The molecule has 110 valence electrons. The molecule has 2 aromatic carbocycles. The van der Waals surface area contributed by atoms with E-state index >= 15 is 0 Å². The molecular weight excluding hydrogens is 320 g/mol. The van der Waals surface area contributed by atoms with Crippen LogP contribution in [0.1, 0.15) is 5.56 Å². The first-order valence-corrected chi connectivity index (χ1v) is 8.00. The first-order chi connectivity index (χ1) is 10.7. The molecule has 0 saturated heterocycles. The minimum Gasteiger partial charge on any atom is -0.480 e. The second kappa shape index (κ2) is 5.26. The maximum Gasteiger partial charge on any atom is 0.267 e. The number of halogens is 1. The number of anilines is 1. The number of nitrogens with zero attached hydrogens (tertiary/aromatic N) is 1. The van der Waals surface area contributed by atoms with Crippen LogP contribution < -0.4 is 10.1 Å². The van der Waals surface area contributed by atoms with Crippen molar-refractivity contribution in [2.24, 2.45) is 0 Å². The van der Waals surface area contributed by atoms with E-state index in [9.17, 15) is 4.79 Å². The molecule has 1 aliphatic rings. The van der Waals surface area contributed by atoms with Crippen molar-refractivity contribution < 1.29 is 9.53 Å². The van der Waals surface area contributed by atoms with Crippen molar-refractivity contribution in [3.8, 4) is 5.75 Å². The van der Waals surface area contributed by atoms with E-state index in [1.54, 1.807) is 6.07 Å². The molecule has 3 aromatic rings. The molecule has 22 heavy (non-hydrogen) atoms.